The molecule has 0 bridgehead atoms. The molecule has 0 aliphatic carbocycles. The Balaban J connectivity index is 2.31. The van der Waals surface area contributed by atoms with Gasteiger partial charge in [-0.15, -0.1) is 0 Å². The van der Waals surface area contributed by atoms with Gasteiger partial charge in [-0.05, 0) is 25.7 Å². The Morgan fingerprint density at radius 3 is 2.69 bits per heavy atom. The standard InChI is InChI=1S/C12H24N2O2/c1-8(2)6-11(13)12(15)14-9(3)10-4-5-16-7-10/h8-11H,4-7,13H2,1-3H3,(H,14,15)/t9?,10?,11-/m1/s1. The van der Waals surface area contributed by atoms with Crippen LogP contribution in [0.15, 0.2) is 0 Å². The largest absolute Gasteiger partial charge is 0.381 e. The summed E-state index contributed by atoms with van der Waals surface area (Å²) in [4.78, 5) is 11.8. The lowest BCUT2D eigenvalue weighted by atomic mass is 9.99. The summed E-state index contributed by atoms with van der Waals surface area (Å²) >= 11 is 0. The number of rotatable bonds is 5. The third-order valence-corrected chi connectivity index (χ3v) is 3.10. The van der Waals surface area contributed by atoms with Gasteiger partial charge in [0, 0.05) is 18.6 Å². The van der Waals surface area contributed by atoms with E-state index in [0.717, 1.165) is 26.1 Å². The molecule has 0 radical (unpaired) electrons. The Morgan fingerprint density at radius 2 is 2.19 bits per heavy atom. The average Bonchev–Trinajstić information content (AvgIpc) is 2.68. The first-order valence-electron chi connectivity index (χ1n) is 6.14. The first-order chi connectivity index (χ1) is 7.50. The van der Waals surface area contributed by atoms with Crippen molar-refractivity contribution in [3.8, 4) is 0 Å². The minimum Gasteiger partial charge on any atom is -0.381 e. The second-order valence-electron chi connectivity index (χ2n) is 5.16. The van der Waals surface area contributed by atoms with E-state index in [1.165, 1.54) is 0 Å². The molecule has 0 aromatic heterocycles. The minimum atomic E-state index is -0.384. The van der Waals surface area contributed by atoms with Crippen molar-refractivity contribution in [3.05, 3.63) is 0 Å². The lowest BCUT2D eigenvalue weighted by Gasteiger charge is -2.22. The molecule has 1 fully saturated rings. The maximum Gasteiger partial charge on any atom is 0.237 e. The number of hydrogen-bond acceptors (Lipinski definition) is 3. The van der Waals surface area contributed by atoms with Crippen LogP contribution in [-0.2, 0) is 9.53 Å². The molecule has 16 heavy (non-hydrogen) atoms. The zero-order valence-electron chi connectivity index (χ0n) is 10.5. The van der Waals surface area contributed by atoms with Gasteiger partial charge in [0.05, 0.1) is 12.6 Å². The summed E-state index contributed by atoms with van der Waals surface area (Å²) in [6.07, 6.45) is 1.76. The maximum atomic E-state index is 11.8. The summed E-state index contributed by atoms with van der Waals surface area (Å²) in [5.74, 6) is 0.856. The van der Waals surface area contributed by atoms with Gasteiger partial charge < -0.3 is 15.8 Å². The number of carbonyl (C=O) groups is 1. The monoisotopic (exact) mass is 228 g/mol. The van der Waals surface area contributed by atoms with Crippen LogP contribution in [0.1, 0.15) is 33.6 Å². The topological polar surface area (TPSA) is 64.4 Å². The van der Waals surface area contributed by atoms with Crippen molar-refractivity contribution < 1.29 is 9.53 Å². The fourth-order valence-electron chi connectivity index (χ4n) is 2.01. The zero-order chi connectivity index (χ0) is 12.1. The van der Waals surface area contributed by atoms with Crippen molar-refractivity contribution in [2.75, 3.05) is 13.2 Å². The van der Waals surface area contributed by atoms with Crippen LogP contribution in [0, 0.1) is 11.8 Å². The third kappa shape index (κ3) is 4.10. The summed E-state index contributed by atoms with van der Waals surface area (Å²) in [6.45, 7) is 7.73. The highest BCUT2D eigenvalue weighted by Crippen LogP contribution is 2.16. The fraction of sp³-hybridized carbons (Fsp3) is 0.917. The number of ether oxygens (including phenoxy) is 1. The lowest BCUT2D eigenvalue weighted by Crippen LogP contribution is -2.47. The van der Waals surface area contributed by atoms with Crippen LogP contribution in [0.3, 0.4) is 0 Å². The van der Waals surface area contributed by atoms with Crippen molar-refractivity contribution in [1.29, 1.82) is 0 Å². The molecule has 1 aliphatic rings. The van der Waals surface area contributed by atoms with Gasteiger partial charge in [0.15, 0.2) is 0 Å². The molecule has 0 spiro atoms. The highest BCUT2D eigenvalue weighted by molar-refractivity contribution is 5.81. The van der Waals surface area contributed by atoms with Gasteiger partial charge in [-0.3, -0.25) is 4.79 Å². The molecular formula is C12H24N2O2. The second kappa shape index (κ2) is 6.21. The zero-order valence-corrected chi connectivity index (χ0v) is 10.5. The molecular weight excluding hydrogens is 204 g/mol. The van der Waals surface area contributed by atoms with Crippen molar-refractivity contribution in [1.82, 2.24) is 5.32 Å². The van der Waals surface area contributed by atoms with E-state index in [9.17, 15) is 4.79 Å². The number of hydrogen-bond donors (Lipinski definition) is 2. The summed E-state index contributed by atoms with van der Waals surface area (Å²) in [6, 6.07) is -0.224. The number of nitrogens with two attached hydrogens (primary N) is 1. The summed E-state index contributed by atoms with van der Waals surface area (Å²) in [7, 11) is 0. The molecule has 1 amide bonds. The van der Waals surface area contributed by atoms with E-state index in [1.54, 1.807) is 0 Å². The lowest BCUT2D eigenvalue weighted by molar-refractivity contribution is -0.123. The molecule has 1 heterocycles. The SMILES string of the molecule is CC(C)C[C@@H](N)C(=O)NC(C)C1CCOC1. The third-order valence-electron chi connectivity index (χ3n) is 3.10. The Labute approximate surface area is 97.9 Å². The predicted octanol–water partition coefficient (Wildman–Crippen LogP) is 0.901. The number of amides is 1. The van der Waals surface area contributed by atoms with E-state index >= 15 is 0 Å². The molecule has 0 saturated carbocycles. The summed E-state index contributed by atoms with van der Waals surface area (Å²) in [5.41, 5.74) is 5.82. The van der Waals surface area contributed by atoms with Crippen LogP contribution >= 0.6 is 0 Å². The van der Waals surface area contributed by atoms with E-state index in [-0.39, 0.29) is 18.0 Å². The Morgan fingerprint density at radius 1 is 1.50 bits per heavy atom. The number of nitrogens with one attached hydrogen (secondary N) is 1. The van der Waals surface area contributed by atoms with Crippen molar-refractivity contribution >= 4 is 5.91 Å². The molecule has 4 nitrogen and oxygen atoms in total. The first kappa shape index (κ1) is 13.5. The van der Waals surface area contributed by atoms with Crippen LogP contribution in [-0.4, -0.2) is 31.2 Å². The molecule has 1 aliphatic heterocycles. The molecule has 2 unspecified atom stereocenters. The predicted molar refractivity (Wildman–Crippen MR) is 64.0 cm³/mol. The number of carbonyl (C=O) groups excluding carboxylic acids is 1. The Hall–Kier alpha value is -0.610. The Kier molecular flexibility index (Phi) is 5.22. The second-order valence-corrected chi connectivity index (χ2v) is 5.16. The molecule has 3 N–H and O–H groups in total. The normalized spacial score (nSPS) is 24.4. The van der Waals surface area contributed by atoms with Crippen LogP contribution in [0.5, 0.6) is 0 Å². The van der Waals surface area contributed by atoms with Gasteiger partial charge in [0.2, 0.25) is 5.91 Å². The van der Waals surface area contributed by atoms with Crippen molar-refractivity contribution in [2.45, 2.75) is 45.7 Å². The van der Waals surface area contributed by atoms with E-state index in [4.69, 9.17) is 10.5 Å². The van der Waals surface area contributed by atoms with Crippen LogP contribution < -0.4 is 11.1 Å². The Bertz CT molecular complexity index is 225. The van der Waals surface area contributed by atoms with Crippen LogP contribution in [0.2, 0.25) is 0 Å². The maximum absolute atomic E-state index is 11.8. The van der Waals surface area contributed by atoms with Gasteiger partial charge in [0.25, 0.3) is 0 Å². The van der Waals surface area contributed by atoms with E-state index < -0.39 is 0 Å². The van der Waals surface area contributed by atoms with Crippen LogP contribution in [0.4, 0.5) is 0 Å². The highest BCUT2D eigenvalue weighted by Gasteiger charge is 2.25. The van der Waals surface area contributed by atoms with Crippen molar-refractivity contribution in [3.63, 3.8) is 0 Å². The molecule has 1 rings (SSSR count). The average molecular weight is 228 g/mol. The summed E-state index contributed by atoms with van der Waals surface area (Å²) < 4.78 is 5.30. The quantitative estimate of drug-likeness (QED) is 0.735. The van der Waals surface area contributed by atoms with E-state index in [0.29, 0.717) is 11.8 Å². The molecule has 0 aromatic carbocycles. The van der Waals surface area contributed by atoms with E-state index in [2.05, 4.69) is 19.2 Å². The molecule has 4 heteroatoms. The molecule has 94 valence electrons. The molecule has 3 atom stereocenters. The molecule has 1 saturated heterocycles. The van der Waals surface area contributed by atoms with Gasteiger partial charge in [0.1, 0.15) is 0 Å². The van der Waals surface area contributed by atoms with Gasteiger partial charge >= 0.3 is 0 Å². The van der Waals surface area contributed by atoms with Gasteiger partial charge in [-0.1, -0.05) is 13.8 Å². The van der Waals surface area contributed by atoms with Crippen molar-refractivity contribution in [2.24, 2.45) is 17.6 Å². The highest BCUT2D eigenvalue weighted by atomic mass is 16.5. The van der Waals surface area contributed by atoms with Gasteiger partial charge in [-0.2, -0.15) is 0 Å². The minimum absolute atomic E-state index is 0.0342. The van der Waals surface area contributed by atoms with E-state index in [1.807, 2.05) is 6.92 Å². The first-order valence-corrected chi connectivity index (χ1v) is 6.14. The van der Waals surface area contributed by atoms with Crippen LogP contribution in [0.25, 0.3) is 0 Å². The smallest absolute Gasteiger partial charge is 0.237 e. The fourth-order valence-corrected chi connectivity index (χ4v) is 2.01. The molecule has 0 aromatic rings. The summed E-state index contributed by atoms with van der Waals surface area (Å²) in [5, 5.41) is 2.98. The van der Waals surface area contributed by atoms with Gasteiger partial charge in [-0.25, -0.2) is 0 Å².